The van der Waals surface area contributed by atoms with Crippen molar-refractivity contribution in [3.8, 4) is 0 Å². The van der Waals surface area contributed by atoms with Crippen LogP contribution in [-0.2, 0) is 0 Å². The maximum atomic E-state index is 12.6. The molecule has 0 amide bonds. The summed E-state index contributed by atoms with van der Waals surface area (Å²) in [7, 11) is 0. The number of fused-ring (bicyclic) bond motifs is 1. The Morgan fingerprint density at radius 1 is 1.33 bits per heavy atom. The summed E-state index contributed by atoms with van der Waals surface area (Å²) in [6, 6.07) is 11.6. The van der Waals surface area contributed by atoms with Crippen LogP contribution in [0, 0.1) is 17.0 Å². The molecule has 0 saturated carbocycles. The molecule has 0 radical (unpaired) electrons. The van der Waals surface area contributed by atoms with E-state index in [2.05, 4.69) is 10.1 Å². The van der Waals surface area contributed by atoms with Gasteiger partial charge in [-0.25, -0.2) is 4.98 Å². The molecule has 1 heterocycles. The Morgan fingerprint density at radius 3 is 2.85 bits per heavy atom. The number of nitrogens with zero attached hydrogens (tertiary/aromatic N) is 4. The van der Waals surface area contributed by atoms with Gasteiger partial charge in [0.1, 0.15) is 5.82 Å². The molecule has 0 saturated heterocycles. The molecule has 8 nitrogen and oxygen atoms in total. The fraction of sp³-hybridized carbons (Fsp3) is 0.167. The molecule has 3 aromatic rings. The molecule has 0 spiro atoms. The van der Waals surface area contributed by atoms with Gasteiger partial charge in [-0.15, -0.1) is 11.8 Å². The fourth-order valence-electron chi connectivity index (χ4n) is 2.53. The van der Waals surface area contributed by atoms with Crippen molar-refractivity contribution in [1.82, 2.24) is 9.66 Å². The predicted octanol–water partition coefficient (Wildman–Crippen LogP) is 2.58. The van der Waals surface area contributed by atoms with Crippen LogP contribution in [0.25, 0.3) is 10.9 Å². The third-order valence-corrected chi connectivity index (χ3v) is 4.81. The first-order valence-electron chi connectivity index (χ1n) is 8.06. The van der Waals surface area contributed by atoms with Gasteiger partial charge in [-0.3, -0.25) is 14.9 Å². The Bertz CT molecular complexity index is 1090. The van der Waals surface area contributed by atoms with Crippen molar-refractivity contribution in [2.24, 2.45) is 5.10 Å². The molecule has 9 heteroatoms. The van der Waals surface area contributed by atoms with E-state index in [0.717, 1.165) is 0 Å². The number of benzene rings is 2. The molecule has 0 bridgehead atoms. The molecule has 0 unspecified atom stereocenters. The van der Waals surface area contributed by atoms with Crippen LogP contribution in [0.1, 0.15) is 11.4 Å². The second-order valence-corrected chi connectivity index (χ2v) is 6.73. The molecular formula is C18H16N4O4S. The smallest absolute Gasteiger partial charge is 0.283 e. The van der Waals surface area contributed by atoms with Crippen LogP contribution in [0.3, 0.4) is 0 Å². The third kappa shape index (κ3) is 4.04. The molecule has 27 heavy (non-hydrogen) atoms. The number of aryl methyl sites for hydroxylation is 1. The SMILES string of the molecule is Cc1nc2ccccc2c(=O)n1N=Cc1ccc(SCCO)c([N+](=O)[O-])c1. The molecule has 0 atom stereocenters. The predicted molar refractivity (Wildman–Crippen MR) is 105 cm³/mol. The van der Waals surface area contributed by atoms with Crippen molar-refractivity contribution in [2.45, 2.75) is 11.8 Å². The van der Waals surface area contributed by atoms with E-state index < -0.39 is 4.92 Å². The molecule has 0 aliphatic rings. The van der Waals surface area contributed by atoms with Crippen LogP contribution >= 0.6 is 11.8 Å². The summed E-state index contributed by atoms with van der Waals surface area (Å²) in [5, 5.41) is 24.8. The van der Waals surface area contributed by atoms with Crippen LogP contribution < -0.4 is 5.56 Å². The zero-order valence-corrected chi connectivity index (χ0v) is 15.2. The van der Waals surface area contributed by atoms with E-state index in [1.54, 1.807) is 43.3 Å². The molecular weight excluding hydrogens is 368 g/mol. The summed E-state index contributed by atoms with van der Waals surface area (Å²) in [5.74, 6) is 0.783. The summed E-state index contributed by atoms with van der Waals surface area (Å²) in [4.78, 5) is 28.2. The Labute approximate surface area is 158 Å². The van der Waals surface area contributed by atoms with Crippen molar-refractivity contribution in [3.05, 3.63) is 74.3 Å². The second-order valence-electron chi connectivity index (χ2n) is 5.59. The van der Waals surface area contributed by atoms with Gasteiger partial charge in [0.15, 0.2) is 0 Å². The number of aliphatic hydroxyl groups excluding tert-OH is 1. The minimum absolute atomic E-state index is 0.0673. The molecule has 1 N–H and O–H groups in total. The number of hydrogen-bond acceptors (Lipinski definition) is 7. The van der Waals surface area contributed by atoms with E-state index in [0.29, 0.717) is 32.9 Å². The lowest BCUT2D eigenvalue weighted by molar-refractivity contribution is -0.387. The number of hydrogen-bond donors (Lipinski definition) is 1. The highest BCUT2D eigenvalue weighted by Gasteiger charge is 2.14. The molecule has 1 aromatic heterocycles. The standard InChI is InChI=1S/C18H16N4O4S/c1-12-20-15-5-3-2-4-14(15)18(24)21(12)19-11-13-6-7-17(27-9-8-23)16(10-13)22(25)26/h2-7,10-11,23H,8-9H2,1H3. The first-order chi connectivity index (χ1) is 13.0. The highest BCUT2D eigenvalue weighted by atomic mass is 32.2. The van der Waals surface area contributed by atoms with E-state index in [1.165, 1.54) is 28.7 Å². The van der Waals surface area contributed by atoms with Crippen molar-refractivity contribution in [1.29, 1.82) is 0 Å². The lowest BCUT2D eigenvalue weighted by atomic mass is 10.2. The Hall–Kier alpha value is -3.04. The molecule has 0 aliphatic heterocycles. The van der Waals surface area contributed by atoms with Crippen LogP contribution in [-0.4, -0.2) is 38.3 Å². The van der Waals surface area contributed by atoms with E-state index in [-0.39, 0.29) is 17.9 Å². The number of aromatic nitrogens is 2. The van der Waals surface area contributed by atoms with E-state index >= 15 is 0 Å². The monoisotopic (exact) mass is 384 g/mol. The van der Waals surface area contributed by atoms with Gasteiger partial charge in [0.25, 0.3) is 11.2 Å². The van der Waals surface area contributed by atoms with Gasteiger partial charge in [-0.05, 0) is 25.1 Å². The summed E-state index contributed by atoms with van der Waals surface area (Å²) in [6.07, 6.45) is 1.39. The van der Waals surface area contributed by atoms with Crippen LogP contribution in [0.15, 0.2) is 57.3 Å². The number of nitro groups is 1. The maximum Gasteiger partial charge on any atom is 0.283 e. The van der Waals surface area contributed by atoms with Gasteiger partial charge >= 0.3 is 0 Å². The lowest BCUT2D eigenvalue weighted by Crippen LogP contribution is -2.20. The highest BCUT2D eigenvalue weighted by molar-refractivity contribution is 7.99. The van der Waals surface area contributed by atoms with Gasteiger partial charge < -0.3 is 5.11 Å². The zero-order chi connectivity index (χ0) is 19.4. The largest absolute Gasteiger partial charge is 0.396 e. The molecule has 0 fully saturated rings. The van der Waals surface area contributed by atoms with Crippen molar-refractivity contribution >= 4 is 34.6 Å². The first-order valence-corrected chi connectivity index (χ1v) is 9.04. The van der Waals surface area contributed by atoms with Crippen LogP contribution in [0.4, 0.5) is 5.69 Å². The Balaban J connectivity index is 1.99. The van der Waals surface area contributed by atoms with Crippen LogP contribution in [0.5, 0.6) is 0 Å². The zero-order valence-electron chi connectivity index (χ0n) is 14.4. The number of rotatable bonds is 6. The van der Waals surface area contributed by atoms with Gasteiger partial charge in [-0.1, -0.05) is 18.2 Å². The average molecular weight is 384 g/mol. The van der Waals surface area contributed by atoms with Gasteiger partial charge in [0, 0.05) is 17.4 Å². The molecule has 0 aliphatic carbocycles. The van der Waals surface area contributed by atoms with Gasteiger partial charge in [-0.2, -0.15) is 9.78 Å². The summed E-state index contributed by atoms with van der Waals surface area (Å²) in [5.41, 5.74) is 0.693. The minimum atomic E-state index is -0.480. The maximum absolute atomic E-state index is 12.6. The van der Waals surface area contributed by atoms with E-state index in [4.69, 9.17) is 5.11 Å². The quantitative estimate of drug-likeness (QED) is 0.303. The van der Waals surface area contributed by atoms with Crippen molar-refractivity contribution in [3.63, 3.8) is 0 Å². The summed E-state index contributed by atoms with van der Waals surface area (Å²) < 4.78 is 1.17. The number of thioether (sulfide) groups is 1. The fourth-order valence-corrected chi connectivity index (χ4v) is 3.29. The molecule has 3 rings (SSSR count). The van der Waals surface area contributed by atoms with Gasteiger partial charge in [0.2, 0.25) is 0 Å². The third-order valence-electron chi connectivity index (χ3n) is 3.77. The Kier molecular flexibility index (Phi) is 5.63. The lowest BCUT2D eigenvalue weighted by Gasteiger charge is -2.05. The Morgan fingerprint density at radius 2 is 2.11 bits per heavy atom. The normalized spacial score (nSPS) is 11.3. The van der Waals surface area contributed by atoms with Crippen LogP contribution in [0.2, 0.25) is 0 Å². The molecule has 138 valence electrons. The topological polar surface area (TPSA) is 111 Å². The van der Waals surface area contributed by atoms with Gasteiger partial charge in [0.05, 0.1) is 33.5 Å². The first kappa shape index (κ1) is 18.7. The summed E-state index contributed by atoms with van der Waals surface area (Å²) >= 11 is 1.20. The average Bonchev–Trinajstić information content (AvgIpc) is 2.66. The number of aliphatic hydroxyl groups is 1. The van der Waals surface area contributed by atoms with Crippen molar-refractivity contribution < 1.29 is 10.0 Å². The minimum Gasteiger partial charge on any atom is -0.396 e. The van der Waals surface area contributed by atoms with Crippen molar-refractivity contribution in [2.75, 3.05) is 12.4 Å². The number of para-hydroxylation sites is 1. The summed E-state index contributed by atoms with van der Waals surface area (Å²) in [6.45, 7) is 1.60. The molecule has 2 aromatic carbocycles. The second kappa shape index (κ2) is 8.11. The number of nitro benzene ring substituents is 1. The van der Waals surface area contributed by atoms with E-state index in [1.807, 2.05) is 0 Å². The van der Waals surface area contributed by atoms with E-state index in [9.17, 15) is 14.9 Å². The highest BCUT2D eigenvalue weighted by Crippen LogP contribution is 2.29.